The summed E-state index contributed by atoms with van der Waals surface area (Å²) < 4.78 is 10.5. The topological polar surface area (TPSA) is 287 Å². The van der Waals surface area contributed by atoms with E-state index in [-0.39, 0.29) is 31.6 Å². The van der Waals surface area contributed by atoms with Gasteiger partial charge in [0.2, 0.25) is 23.6 Å². The van der Waals surface area contributed by atoms with E-state index >= 15 is 0 Å². The van der Waals surface area contributed by atoms with Crippen LogP contribution in [0.1, 0.15) is 58.1 Å². The van der Waals surface area contributed by atoms with Crippen molar-refractivity contribution in [1.82, 2.24) is 16.0 Å². The van der Waals surface area contributed by atoms with Crippen LogP contribution >= 0.6 is 0 Å². The molecule has 0 aliphatic carbocycles. The van der Waals surface area contributed by atoms with E-state index < -0.39 is 103 Å². The second-order valence-corrected chi connectivity index (χ2v) is 11.9. The zero-order valence-electron chi connectivity index (χ0n) is 27.5. The largest absolute Gasteiger partial charge is 0.481 e. The number of hydrogen-bond donors (Lipinski definition) is 9. The molecule has 0 aromatic heterocycles. The van der Waals surface area contributed by atoms with E-state index in [2.05, 4.69) is 21.3 Å². The number of amides is 4. The molecule has 272 valence electrons. The number of aryl methyl sites for hydroxylation is 1. The Morgan fingerprint density at radius 2 is 1.53 bits per heavy atom. The van der Waals surface area contributed by atoms with Crippen molar-refractivity contribution in [2.75, 3.05) is 11.9 Å². The molecule has 1 aliphatic heterocycles. The van der Waals surface area contributed by atoms with Crippen LogP contribution in [0.15, 0.2) is 18.2 Å². The van der Waals surface area contributed by atoms with Crippen molar-refractivity contribution >= 4 is 47.2 Å². The average molecular weight is 697 g/mol. The number of rotatable bonds is 17. The van der Waals surface area contributed by atoms with Crippen molar-refractivity contribution in [3.8, 4) is 0 Å². The first-order valence-corrected chi connectivity index (χ1v) is 15.5. The number of carboxylic acids is 2. The SMILES string of the molecule is CC(=O)OCc1ccc(NC(=O)[C@H](C)NC(=O)C(NC(=O)CNC(=O)CCC(=O)O)C(C)C)cc1CC[C@@H]1O[C@H](C(=O)O)[C@@H](O)[C@H](O)[C@H]1O. The maximum absolute atomic E-state index is 13.0. The molecule has 7 atom stereocenters. The predicted octanol–water partition coefficient (Wildman–Crippen LogP) is -1.82. The fourth-order valence-corrected chi connectivity index (χ4v) is 4.81. The van der Waals surface area contributed by atoms with Crippen molar-refractivity contribution in [3.63, 3.8) is 0 Å². The third-order valence-electron chi connectivity index (χ3n) is 7.59. The van der Waals surface area contributed by atoms with Crippen molar-refractivity contribution in [3.05, 3.63) is 29.3 Å². The Morgan fingerprint density at radius 3 is 2.12 bits per heavy atom. The molecule has 9 N–H and O–H groups in total. The molecule has 0 saturated carbocycles. The molecule has 1 fully saturated rings. The second kappa shape index (κ2) is 18.8. The van der Waals surface area contributed by atoms with Crippen LogP contribution in [-0.4, -0.2) is 116 Å². The maximum atomic E-state index is 13.0. The van der Waals surface area contributed by atoms with Gasteiger partial charge in [-0.15, -0.1) is 0 Å². The monoisotopic (exact) mass is 696 g/mol. The molecule has 1 saturated heterocycles. The standard InChI is InChI=1S/C31H44N4O14/c1-14(2)24(35-22(38)12-32-21(37)9-10-23(39)40)30(45)33-15(3)29(44)34-19-7-5-18(13-48-16(4)36)17(11-19)6-8-20-25(41)26(42)27(43)28(49-20)31(46)47/h5,7,11,14-15,20,24-28,41-43H,6,8-10,12-13H2,1-4H3,(H,32,37)(H,33,45)(H,34,44)(H,35,38)(H,39,40)(H,46,47)/t15-,20-,24?,25-,26+,27-,28-/m0/s1. The number of nitrogens with one attached hydrogen (secondary N) is 4. The first kappa shape index (κ1) is 40.5. The van der Waals surface area contributed by atoms with Crippen LogP contribution in [0, 0.1) is 5.92 Å². The van der Waals surface area contributed by atoms with Gasteiger partial charge < -0.3 is 56.3 Å². The van der Waals surface area contributed by atoms with Crippen molar-refractivity contribution < 1.29 is 68.6 Å². The van der Waals surface area contributed by atoms with Crippen LogP contribution in [0.2, 0.25) is 0 Å². The fourth-order valence-electron chi connectivity index (χ4n) is 4.81. The summed E-state index contributed by atoms with van der Waals surface area (Å²) in [6.07, 6.45) is -8.83. The number of carbonyl (C=O) groups excluding carboxylic acids is 5. The summed E-state index contributed by atoms with van der Waals surface area (Å²) in [7, 11) is 0. The average Bonchev–Trinajstić information content (AvgIpc) is 3.02. The molecule has 0 bridgehead atoms. The molecule has 49 heavy (non-hydrogen) atoms. The Balaban J connectivity index is 2.09. The van der Waals surface area contributed by atoms with Gasteiger partial charge in [0.25, 0.3) is 0 Å². The van der Waals surface area contributed by atoms with Gasteiger partial charge in [0, 0.05) is 19.0 Å². The van der Waals surface area contributed by atoms with Gasteiger partial charge in [0.1, 0.15) is 37.0 Å². The summed E-state index contributed by atoms with van der Waals surface area (Å²) in [6.45, 7) is 5.30. The number of aliphatic carboxylic acids is 2. The molecule has 1 aromatic carbocycles. The lowest BCUT2D eigenvalue weighted by atomic mass is 9.91. The third-order valence-corrected chi connectivity index (χ3v) is 7.59. The van der Waals surface area contributed by atoms with Gasteiger partial charge in [-0.25, -0.2) is 4.79 Å². The Bertz CT molecular complexity index is 1390. The molecule has 18 nitrogen and oxygen atoms in total. The number of carbonyl (C=O) groups is 7. The number of ether oxygens (including phenoxy) is 2. The zero-order chi connectivity index (χ0) is 37.0. The van der Waals surface area contributed by atoms with Crippen molar-refractivity contribution in [1.29, 1.82) is 0 Å². The molecule has 1 heterocycles. The first-order chi connectivity index (χ1) is 22.9. The minimum Gasteiger partial charge on any atom is -0.481 e. The highest BCUT2D eigenvalue weighted by molar-refractivity contribution is 5.98. The zero-order valence-corrected chi connectivity index (χ0v) is 27.5. The molecule has 18 heteroatoms. The lowest BCUT2D eigenvalue weighted by Gasteiger charge is -2.39. The van der Waals surface area contributed by atoms with Crippen molar-refractivity contribution in [2.24, 2.45) is 5.92 Å². The minimum atomic E-state index is -1.85. The Morgan fingerprint density at radius 1 is 0.857 bits per heavy atom. The minimum absolute atomic E-state index is 0.0278. The lowest BCUT2D eigenvalue weighted by Crippen LogP contribution is -2.59. The summed E-state index contributed by atoms with van der Waals surface area (Å²) in [4.78, 5) is 83.6. The number of carboxylic acid groups (broad SMARTS) is 2. The Hall–Kier alpha value is -4.65. The van der Waals surface area contributed by atoms with E-state index in [0.717, 1.165) is 0 Å². The Labute approximate surface area is 281 Å². The van der Waals surface area contributed by atoms with Crippen LogP contribution in [0.4, 0.5) is 5.69 Å². The highest BCUT2D eigenvalue weighted by Crippen LogP contribution is 2.26. The first-order valence-electron chi connectivity index (χ1n) is 15.5. The summed E-state index contributed by atoms with van der Waals surface area (Å²) in [5.41, 5.74) is 1.30. The number of aliphatic hydroxyl groups excluding tert-OH is 3. The van der Waals surface area contributed by atoms with Gasteiger partial charge in [-0.3, -0.25) is 28.8 Å². The van der Waals surface area contributed by atoms with E-state index in [1.54, 1.807) is 26.0 Å². The maximum Gasteiger partial charge on any atom is 0.335 e. The van der Waals surface area contributed by atoms with Gasteiger partial charge in [0.05, 0.1) is 19.1 Å². The lowest BCUT2D eigenvalue weighted by molar-refractivity contribution is -0.228. The highest BCUT2D eigenvalue weighted by Gasteiger charge is 2.46. The van der Waals surface area contributed by atoms with Gasteiger partial charge in [-0.05, 0) is 48.9 Å². The molecule has 1 aliphatic rings. The van der Waals surface area contributed by atoms with Crippen LogP contribution in [-0.2, 0) is 56.1 Å². The molecule has 4 amide bonds. The summed E-state index contributed by atoms with van der Waals surface area (Å²) in [5, 5.41) is 58.4. The molecular formula is C31H44N4O14. The summed E-state index contributed by atoms with van der Waals surface area (Å²) in [5.74, 6) is -6.35. The van der Waals surface area contributed by atoms with Crippen LogP contribution in [0.3, 0.4) is 0 Å². The number of aliphatic hydroxyl groups is 3. The van der Waals surface area contributed by atoms with Gasteiger partial charge in [-0.1, -0.05) is 19.9 Å². The Kier molecular flexibility index (Phi) is 15.5. The number of benzene rings is 1. The van der Waals surface area contributed by atoms with E-state index in [1.165, 1.54) is 19.9 Å². The van der Waals surface area contributed by atoms with Gasteiger partial charge in [-0.2, -0.15) is 0 Å². The number of anilines is 1. The molecule has 0 radical (unpaired) electrons. The molecule has 1 unspecified atom stereocenters. The second-order valence-electron chi connectivity index (χ2n) is 11.9. The van der Waals surface area contributed by atoms with E-state index in [9.17, 15) is 54.0 Å². The van der Waals surface area contributed by atoms with E-state index in [0.29, 0.717) is 11.1 Å². The summed E-state index contributed by atoms with van der Waals surface area (Å²) in [6, 6.07) is 2.45. The van der Waals surface area contributed by atoms with Gasteiger partial charge >= 0.3 is 17.9 Å². The third kappa shape index (κ3) is 12.7. The summed E-state index contributed by atoms with van der Waals surface area (Å²) >= 11 is 0. The highest BCUT2D eigenvalue weighted by atomic mass is 16.6. The molecule has 1 aromatic rings. The van der Waals surface area contributed by atoms with Gasteiger partial charge in [0.15, 0.2) is 6.10 Å². The van der Waals surface area contributed by atoms with Crippen molar-refractivity contribution in [2.45, 2.75) is 103 Å². The van der Waals surface area contributed by atoms with Crippen LogP contribution in [0.25, 0.3) is 0 Å². The number of hydrogen-bond acceptors (Lipinski definition) is 12. The molecule has 0 spiro atoms. The predicted molar refractivity (Wildman–Crippen MR) is 167 cm³/mol. The fraction of sp³-hybridized carbons (Fsp3) is 0.581. The van der Waals surface area contributed by atoms with Crippen LogP contribution < -0.4 is 21.3 Å². The normalized spacial score (nSPS) is 21.5. The molecule has 2 rings (SSSR count). The van der Waals surface area contributed by atoms with E-state index in [1.807, 2.05) is 0 Å². The molecular weight excluding hydrogens is 652 g/mol. The van der Waals surface area contributed by atoms with Crippen LogP contribution in [0.5, 0.6) is 0 Å². The smallest absolute Gasteiger partial charge is 0.335 e. The van der Waals surface area contributed by atoms with E-state index in [4.69, 9.17) is 14.6 Å². The quantitative estimate of drug-likeness (QED) is 0.0812. The number of esters is 1.